The molecule has 0 amide bonds. The van der Waals surface area contributed by atoms with E-state index < -0.39 is 85.9 Å². The van der Waals surface area contributed by atoms with Crippen LogP contribution in [0.2, 0.25) is 0 Å². The van der Waals surface area contributed by atoms with E-state index in [0.717, 1.165) is 16.8 Å². The first-order valence-electron chi connectivity index (χ1n) is 12.2. The maximum Gasteiger partial charge on any atom is 0.342 e. The van der Waals surface area contributed by atoms with E-state index in [0.29, 0.717) is 0 Å². The van der Waals surface area contributed by atoms with E-state index in [4.69, 9.17) is 24.3 Å². The molecule has 1 aromatic rings. The molecule has 0 radical (unpaired) electrons. The van der Waals surface area contributed by atoms with E-state index in [1.165, 1.54) is 13.8 Å². The number of aromatic amines is 1. The molecule has 5 N–H and O–H groups in total. The summed E-state index contributed by atoms with van der Waals surface area (Å²) in [5, 5.41) is 29.6. The zero-order valence-electron chi connectivity index (χ0n) is 22.7. The summed E-state index contributed by atoms with van der Waals surface area (Å²) in [7, 11) is -4.47. The lowest BCUT2D eigenvalue weighted by Gasteiger charge is -2.31. The number of nitrogens with zero attached hydrogens (tertiary/aromatic N) is 4. The fourth-order valence-electron chi connectivity index (χ4n) is 3.51. The Morgan fingerprint density at radius 3 is 2.12 bits per heavy atom. The highest BCUT2D eigenvalue weighted by Crippen LogP contribution is 2.44. The van der Waals surface area contributed by atoms with E-state index in [1.807, 2.05) is 4.98 Å². The molecule has 40 heavy (non-hydrogen) atoms. The molecule has 1 aliphatic heterocycles. The van der Waals surface area contributed by atoms with Crippen molar-refractivity contribution >= 4 is 19.6 Å². The molecule has 0 unspecified atom stereocenters. The molecular weight excluding hydrogens is 557 g/mol. The number of aliphatic hydroxyl groups is 2. The van der Waals surface area contributed by atoms with Crippen LogP contribution in [-0.2, 0) is 32.9 Å². The van der Waals surface area contributed by atoms with Crippen LogP contribution < -0.4 is 21.4 Å². The van der Waals surface area contributed by atoms with Crippen molar-refractivity contribution in [1.82, 2.24) is 19.7 Å². The minimum Gasteiger partial charge on any atom is -0.462 e. The molecule has 1 aliphatic rings. The van der Waals surface area contributed by atoms with Gasteiger partial charge in [0.2, 0.25) is 5.72 Å². The van der Waals surface area contributed by atoms with Crippen LogP contribution in [0.25, 0.3) is 10.4 Å². The number of ether oxygens (including phenoxy) is 3. The minimum absolute atomic E-state index is 0.505. The average molecular weight is 592 g/mol. The lowest BCUT2D eigenvalue weighted by atomic mass is 10.1. The van der Waals surface area contributed by atoms with Gasteiger partial charge in [0, 0.05) is 17.2 Å². The van der Waals surface area contributed by atoms with E-state index in [2.05, 4.69) is 20.2 Å². The Hall–Kier alpha value is -3.08. The first-order valence-corrected chi connectivity index (χ1v) is 13.8. The Morgan fingerprint density at radius 2 is 1.68 bits per heavy atom. The Kier molecular flexibility index (Phi) is 11.2. The summed E-state index contributed by atoms with van der Waals surface area (Å²) in [6, 6.07) is -1.56. The number of carbonyl (C=O) groups is 2. The van der Waals surface area contributed by atoms with Gasteiger partial charge in [-0.05, 0) is 47.1 Å². The van der Waals surface area contributed by atoms with Crippen molar-refractivity contribution in [3.05, 3.63) is 43.5 Å². The van der Waals surface area contributed by atoms with Crippen molar-refractivity contribution in [1.29, 1.82) is 0 Å². The molecule has 1 aromatic heterocycles. The molecule has 0 bridgehead atoms. The number of hydrogen-bond donors (Lipinski definition) is 5. The molecule has 6 atom stereocenters. The highest BCUT2D eigenvalue weighted by Gasteiger charge is 2.56. The van der Waals surface area contributed by atoms with E-state index >= 15 is 0 Å². The van der Waals surface area contributed by atoms with Crippen molar-refractivity contribution < 1.29 is 43.1 Å². The van der Waals surface area contributed by atoms with Crippen molar-refractivity contribution in [3.8, 4) is 0 Å². The lowest BCUT2D eigenvalue weighted by Crippen LogP contribution is -2.47. The van der Waals surface area contributed by atoms with Crippen molar-refractivity contribution in [2.75, 3.05) is 6.61 Å². The van der Waals surface area contributed by atoms with Crippen LogP contribution in [0.15, 0.2) is 27.0 Å². The summed E-state index contributed by atoms with van der Waals surface area (Å²) < 4.78 is 35.8. The molecule has 1 saturated heterocycles. The fraction of sp³-hybridized carbons (Fsp3) is 0.714. The molecule has 0 saturated carbocycles. The molecule has 1 fully saturated rings. The van der Waals surface area contributed by atoms with Gasteiger partial charge in [0.05, 0.1) is 18.8 Å². The van der Waals surface area contributed by atoms with Crippen molar-refractivity contribution in [3.63, 3.8) is 0 Å². The third-order valence-electron chi connectivity index (χ3n) is 5.33. The van der Waals surface area contributed by atoms with Gasteiger partial charge in [-0.1, -0.05) is 5.11 Å². The zero-order chi connectivity index (χ0) is 30.4. The number of hydrogen-bond acceptors (Lipinski definition) is 12. The quantitative estimate of drug-likeness (QED) is 0.0654. The molecule has 0 spiro atoms. The number of nitrogens with one attached hydrogen (secondary N) is 3. The maximum atomic E-state index is 13.9. The van der Waals surface area contributed by atoms with Crippen LogP contribution in [0.5, 0.6) is 0 Å². The third kappa shape index (κ3) is 8.22. The summed E-state index contributed by atoms with van der Waals surface area (Å²) in [5.74, 6) is -1.62. The predicted octanol–water partition coefficient (Wildman–Crippen LogP) is -0.222. The highest BCUT2D eigenvalue weighted by molar-refractivity contribution is 7.54. The number of carbonyl (C=O) groups excluding carboxylic acids is 2. The molecule has 18 nitrogen and oxygen atoms in total. The summed E-state index contributed by atoms with van der Waals surface area (Å²) in [5.41, 5.74) is 4.95. The SMILES string of the molecule is CC(C)OC(=O)[C@H](C)NP(=O)(N[C@@H](C)C(=O)OC(C)C)OC[C@@]1(N=[N+]=[N-])O[C@@H](n2ccc(=O)[nH]c2=O)[C@H](O)[C@@H]1O. The summed E-state index contributed by atoms with van der Waals surface area (Å²) in [6.45, 7) is 8.00. The van der Waals surface area contributed by atoms with Crippen LogP contribution >= 0.6 is 7.67 Å². The molecular formula is C21H34N7O11P. The lowest BCUT2D eigenvalue weighted by molar-refractivity contribution is -0.149. The van der Waals surface area contributed by atoms with Crippen molar-refractivity contribution in [2.24, 2.45) is 5.11 Å². The zero-order valence-corrected chi connectivity index (χ0v) is 23.6. The Balaban J connectivity index is 2.40. The number of rotatable bonds is 13. The van der Waals surface area contributed by atoms with Crippen LogP contribution in [0.3, 0.4) is 0 Å². The topological polar surface area (TPSA) is 256 Å². The number of aliphatic hydroxyl groups excluding tert-OH is 2. The molecule has 0 aliphatic carbocycles. The normalized spacial score (nSPS) is 24.4. The van der Waals surface area contributed by atoms with E-state index in [1.54, 1.807) is 27.7 Å². The molecule has 2 heterocycles. The van der Waals surface area contributed by atoms with Gasteiger partial charge in [0.25, 0.3) is 5.56 Å². The smallest absolute Gasteiger partial charge is 0.342 e. The van der Waals surface area contributed by atoms with Crippen molar-refractivity contribution in [2.45, 2.75) is 90.0 Å². The largest absolute Gasteiger partial charge is 0.462 e. The first-order chi connectivity index (χ1) is 18.5. The van der Waals surface area contributed by atoms with Crippen LogP contribution in [0, 0.1) is 0 Å². The molecule has 2 rings (SSSR count). The fourth-order valence-corrected chi connectivity index (χ4v) is 5.33. The second kappa shape index (κ2) is 13.5. The second-order valence-corrected chi connectivity index (χ2v) is 11.4. The second-order valence-electron chi connectivity index (χ2n) is 9.49. The van der Waals surface area contributed by atoms with Crippen LogP contribution in [0.1, 0.15) is 47.8 Å². The summed E-state index contributed by atoms with van der Waals surface area (Å²) in [6.07, 6.45) is -5.63. The van der Waals surface area contributed by atoms with Gasteiger partial charge >= 0.3 is 25.3 Å². The van der Waals surface area contributed by atoms with Gasteiger partial charge in [-0.15, -0.1) is 0 Å². The Labute approximate surface area is 228 Å². The van der Waals surface area contributed by atoms with Gasteiger partial charge in [-0.2, -0.15) is 0 Å². The standard InChI is InChI=1S/C21H34N7O11P/c1-10(2)37-18(32)12(5)24-40(35,25-13(6)19(33)38-11(3)4)36-9-21(26-27-22)16(31)15(30)17(39-21)28-8-7-14(29)23-20(28)34/h7-8,10-13,15-17,30-31H,9H2,1-6H3,(H,23,29,34)(H2,24,25,35)/t12-,13-,15+,16-,17+,21+/m0/s1. The summed E-state index contributed by atoms with van der Waals surface area (Å²) in [4.78, 5) is 53.0. The number of H-pyrrole nitrogens is 1. The van der Waals surface area contributed by atoms with Gasteiger partial charge in [-0.3, -0.25) is 28.5 Å². The van der Waals surface area contributed by atoms with E-state index in [-0.39, 0.29) is 0 Å². The van der Waals surface area contributed by atoms with Gasteiger partial charge in [0.15, 0.2) is 6.23 Å². The van der Waals surface area contributed by atoms with Gasteiger partial charge in [0.1, 0.15) is 24.3 Å². The monoisotopic (exact) mass is 591 g/mol. The van der Waals surface area contributed by atoms with Gasteiger partial charge in [-0.25, -0.2) is 15.0 Å². The minimum atomic E-state index is -4.47. The Morgan fingerprint density at radius 1 is 1.15 bits per heavy atom. The summed E-state index contributed by atoms with van der Waals surface area (Å²) >= 11 is 0. The van der Waals surface area contributed by atoms with Gasteiger partial charge < -0.3 is 28.9 Å². The third-order valence-corrected chi connectivity index (χ3v) is 7.28. The number of azide groups is 1. The van der Waals surface area contributed by atoms with E-state index in [9.17, 15) is 34.0 Å². The molecule has 224 valence electrons. The van der Waals surface area contributed by atoms with Crippen LogP contribution in [0.4, 0.5) is 0 Å². The average Bonchev–Trinajstić information content (AvgIpc) is 3.07. The number of aromatic nitrogens is 2. The molecule has 0 aromatic carbocycles. The van der Waals surface area contributed by atoms with Crippen LogP contribution in [-0.4, -0.2) is 80.5 Å². The maximum absolute atomic E-state index is 13.9. The number of esters is 2. The molecule has 19 heteroatoms. The highest BCUT2D eigenvalue weighted by atomic mass is 31.2. The predicted molar refractivity (Wildman–Crippen MR) is 137 cm³/mol. The Bertz CT molecular complexity index is 1240. The first kappa shape index (κ1) is 33.1.